The van der Waals surface area contributed by atoms with Gasteiger partial charge in [-0.25, -0.2) is 0 Å². The Bertz CT molecular complexity index is 263. The molecule has 0 aromatic heterocycles. The first kappa shape index (κ1) is 11.4. The number of nitrogens with two attached hydrogens (primary N) is 1. The predicted molar refractivity (Wildman–Crippen MR) is 60.4 cm³/mol. The third-order valence-electron chi connectivity index (χ3n) is 2.22. The lowest BCUT2D eigenvalue weighted by Gasteiger charge is -2.22. The zero-order valence-electron chi connectivity index (χ0n) is 8.83. The minimum absolute atomic E-state index is 0.360. The first-order valence-corrected chi connectivity index (χ1v) is 5.73. The van der Waals surface area contributed by atoms with Gasteiger partial charge in [-0.05, 0) is 20.3 Å². The molecule has 5 heteroatoms. The topological polar surface area (TPSA) is 67.5 Å². The standard InChI is InChI=1S/C9H17N3OS/c1-4-6-5-14-8(11-6)12-9(2,3)7(10)13/h6H,4-5H2,1-3H3,(H2,10,13)(H,11,12). The number of hydrogen-bond donors (Lipinski definition) is 2. The highest BCUT2D eigenvalue weighted by Gasteiger charge is 2.28. The number of carbonyl (C=O) groups excluding carboxylic acids is 1. The summed E-state index contributed by atoms with van der Waals surface area (Å²) in [6, 6.07) is 0.381. The van der Waals surface area contributed by atoms with Crippen molar-refractivity contribution in [1.82, 2.24) is 5.32 Å². The maximum Gasteiger partial charge on any atom is 0.242 e. The number of amides is 1. The van der Waals surface area contributed by atoms with E-state index in [2.05, 4.69) is 17.2 Å². The lowest BCUT2D eigenvalue weighted by Crippen LogP contribution is -2.52. The largest absolute Gasteiger partial charge is 0.368 e. The Balaban J connectivity index is 2.57. The van der Waals surface area contributed by atoms with Gasteiger partial charge in [0.05, 0.1) is 6.04 Å². The number of rotatable bonds is 3. The van der Waals surface area contributed by atoms with Crippen LogP contribution in [0.1, 0.15) is 27.2 Å². The van der Waals surface area contributed by atoms with Crippen LogP contribution in [0.4, 0.5) is 0 Å². The molecule has 4 nitrogen and oxygen atoms in total. The quantitative estimate of drug-likeness (QED) is 0.729. The van der Waals surface area contributed by atoms with Crippen LogP contribution in [-0.2, 0) is 4.79 Å². The summed E-state index contributed by atoms with van der Waals surface area (Å²) in [7, 11) is 0. The van der Waals surface area contributed by atoms with Gasteiger partial charge < -0.3 is 11.1 Å². The van der Waals surface area contributed by atoms with Gasteiger partial charge in [0, 0.05) is 5.75 Å². The number of thioether (sulfide) groups is 1. The summed E-state index contributed by atoms with van der Waals surface area (Å²) in [6.07, 6.45) is 1.04. The third kappa shape index (κ3) is 2.64. The van der Waals surface area contributed by atoms with Crippen LogP contribution in [0.25, 0.3) is 0 Å². The zero-order valence-corrected chi connectivity index (χ0v) is 9.65. The average molecular weight is 215 g/mol. The molecule has 1 rings (SSSR count). The summed E-state index contributed by atoms with van der Waals surface area (Å²) in [5, 5.41) is 3.89. The summed E-state index contributed by atoms with van der Waals surface area (Å²) in [5.41, 5.74) is 4.54. The summed E-state index contributed by atoms with van der Waals surface area (Å²) in [5.74, 6) is 0.633. The highest BCUT2D eigenvalue weighted by atomic mass is 32.2. The molecule has 0 aromatic rings. The molecule has 1 aliphatic heterocycles. The Kier molecular flexibility index (Phi) is 3.42. The Morgan fingerprint density at radius 3 is 2.86 bits per heavy atom. The molecule has 0 aliphatic carbocycles. The molecule has 3 N–H and O–H groups in total. The number of nitrogens with one attached hydrogen (secondary N) is 1. The molecular weight excluding hydrogens is 198 g/mol. The Morgan fingerprint density at radius 1 is 1.79 bits per heavy atom. The van der Waals surface area contributed by atoms with Gasteiger partial charge in [0.2, 0.25) is 5.91 Å². The van der Waals surface area contributed by atoms with Crippen molar-refractivity contribution in [3.63, 3.8) is 0 Å². The summed E-state index contributed by atoms with van der Waals surface area (Å²) in [4.78, 5) is 15.5. The SMILES string of the molecule is CCC1CSC(NC(C)(C)C(N)=O)=N1. The van der Waals surface area contributed by atoms with E-state index in [-0.39, 0.29) is 5.91 Å². The van der Waals surface area contributed by atoms with Crippen molar-refractivity contribution >= 4 is 22.8 Å². The van der Waals surface area contributed by atoms with Crippen molar-refractivity contribution < 1.29 is 4.79 Å². The fraction of sp³-hybridized carbons (Fsp3) is 0.778. The van der Waals surface area contributed by atoms with Gasteiger partial charge in [-0.3, -0.25) is 9.79 Å². The molecular formula is C9H17N3OS. The smallest absolute Gasteiger partial charge is 0.242 e. The number of primary amides is 1. The fourth-order valence-electron chi connectivity index (χ4n) is 1.02. The van der Waals surface area contributed by atoms with Gasteiger partial charge in [0.25, 0.3) is 0 Å². The van der Waals surface area contributed by atoms with Crippen LogP contribution in [0.3, 0.4) is 0 Å². The monoisotopic (exact) mass is 215 g/mol. The minimum atomic E-state index is -0.714. The van der Waals surface area contributed by atoms with Crippen molar-refractivity contribution in [2.24, 2.45) is 10.7 Å². The Morgan fingerprint density at radius 2 is 2.43 bits per heavy atom. The third-order valence-corrected chi connectivity index (χ3v) is 3.25. The number of nitrogens with zero attached hydrogens (tertiary/aromatic N) is 1. The fourth-order valence-corrected chi connectivity index (χ4v) is 2.23. The van der Waals surface area contributed by atoms with E-state index in [0.29, 0.717) is 6.04 Å². The van der Waals surface area contributed by atoms with E-state index in [0.717, 1.165) is 17.3 Å². The molecule has 0 aromatic carbocycles. The van der Waals surface area contributed by atoms with Crippen LogP contribution in [0.2, 0.25) is 0 Å². The molecule has 0 bridgehead atoms. The van der Waals surface area contributed by atoms with Crippen LogP contribution >= 0.6 is 11.8 Å². The van der Waals surface area contributed by atoms with Crippen LogP contribution in [0, 0.1) is 0 Å². The maximum absolute atomic E-state index is 11.1. The Labute approximate surface area is 88.7 Å². The molecule has 1 aliphatic rings. The van der Waals surface area contributed by atoms with Crippen molar-refractivity contribution in [3.05, 3.63) is 0 Å². The molecule has 0 fully saturated rings. The first-order valence-electron chi connectivity index (χ1n) is 4.74. The van der Waals surface area contributed by atoms with Crippen molar-refractivity contribution in [3.8, 4) is 0 Å². The second-order valence-corrected chi connectivity index (χ2v) is 4.93. The molecule has 1 atom stereocenters. The average Bonchev–Trinajstić information content (AvgIpc) is 2.51. The highest BCUT2D eigenvalue weighted by molar-refractivity contribution is 8.14. The molecule has 0 saturated carbocycles. The summed E-state index contributed by atoms with van der Waals surface area (Å²) < 4.78 is 0. The van der Waals surface area contributed by atoms with Crippen LogP contribution in [0.15, 0.2) is 4.99 Å². The van der Waals surface area contributed by atoms with E-state index in [1.54, 1.807) is 25.6 Å². The molecule has 1 heterocycles. The van der Waals surface area contributed by atoms with Crippen LogP contribution in [0.5, 0.6) is 0 Å². The predicted octanol–water partition coefficient (Wildman–Crippen LogP) is 0.721. The second-order valence-electron chi connectivity index (χ2n) is 3.92. The zero-order chi connectivity index (χ0) is 10.8. The molecule has 1 unspecified atom stereocenters. The number of carbonyl (C=O) groups is 1. The van der Waals surface area contributed by atoms with Gasteiger partial charge in [0.15, 0.2) is 5.17 Å². The van der Waals surface area contributed by atoms with Crippen molar-refractivity contribution in [2.45, 2.75) is 38.8 Å². The molecule has 80 valence electrons. The second kappa shape index (κ2) is 4.21. The molecule has 0 saturated heterocycles. The minimum Gasteiger partial charge on any atom is -0.368 e. The van der Waals surface area contributed by atoms with E-state index < -0.39 is 5.54 Å². The van der Waals surface area contributed by atoms with E-state index in [1.165, 1.54) is 0 Å². The number of amidine groups is 1. The van der Waals surface area contributed by atoms with Gasteiger partial charge in [-0.2, -0.15) is 0 Å². The normalized spacial score (nSPS) is 21.9. The van der Waals surface area contributed by atoms with Gasteiger partial charge in [0.1, 0.15) is 5.54 Å². The first-order chi connectivity index (χ1) is 6.45. The van der Waals surface area contributed by atoms with Crippen LogP contribution < -0.4 is 11.1 Å². The van der Waals surface area contributed by atoms with Crippen molar-refractivity contribution in [2.75, 3.05) is 5.75 Å². The summed E-state index contributed by atoms with van der Waals surface area (Å²) in [6.45, 7) is 5.63. The molecule has 1 amide bonds. The molecule has 0 radical (unpaired) electrons. The van der Waals surface area contributed by atoms with Crippen LogP contribution in [-0.4, -0.2) is 28.4 Å². The van der Waals surface area contributed by atoms with Gasteiger partial charge in [-0.15, -0.1) is 0 Å². The number of aliphatic imine (C=N–C) groups is 1. The van der Waals surface area contributed by atoms with E-state index in [9.17, 15) is 4.79 Å². The maximum atomic E-state index is 11.1. The van der Waals surface area contributed by atoms with E-state index in [4.69, 9.17) is 5.73 Å². The lowest BCUT2D eigenvalue weighted by molar-refractivity contribution is -0.122. The van der Waals surface area contributed by atoms with E-state index >= 15 is 0 Å². The lowest BCUT2D eigenvalue weighted by atomic mass is 10.1. The van der Waals surface area contributed by atoms with E-state index in [1.807, 2.05) is 0 Å². The van der Waals surface area contributed by atoms with Gasteiger partial charge >= 0.3 is 0 Å². The summed E-state index contributed by atoms with van der Waals surface area (Å²) >= 11 is 1.65. The molecule has 0 spiro atoms. The van der Waals surface area contributed by atoms with Crippen molar-refractivity contribution in [1.29, 1.82) is 0 Å². The highest BCUT2D eigenvalue weighted by Crippen LogP contribution is 2.20. The Hall–Kier alpha value is -0.710. The number of hydrogen-bond acceptors (Lipinski definition) is 4. The van der Waals surface area contributed by atoms with Gasteiger partial charge in [-0.1, -0.05) is 18.7 Å². The molecule has 14 heavy (non-hydrogen) atoms.